The highest BCUT2D eigenvalue weighted by atomic mass is 32.2. The second-order valence-corrected chi connectivity index (χ2v) is 6.33. The molecule has 0 radical (unpaired) electrons. The Bertz CT molecular complexity index is 717. The minimum atomic E-state index is -3.59. The quantitative estimate of drug-likeness (QED) is 0.936. The lowest BCUT2D eigenvalue weighted by atomic mass is 10.1. The summed E-state index contributed by atoms with van der Waals surface area (Å²) in [4.78, 5) is 0.204. The molecule has 2 rings (SSSR count). The molecule has 1 aromatic carbocycles. The van der Waals surface area contributed by atoms with Gasteiger partial charge in [0.1, 0.15) is 4.90 Å². The summed E-state index contributed by atoms with van der Waals surface area (Å²) >= 11 is 0. The van der Waals surface area contributed by atoms with Gasteiger partial charge in [0.2, 0.25) is 0 Å². The van der Waals surface area contributed by atoms with Crippen LogP contribution in [-0.2, 0) is 17.1 Å². The minimum Gasteiger partial charge on any atom is -0.279 e. The largest absolute Gasteiger partial charge is 0.279 e. The van der Waals surface area contributed by atoms with Crippen molar-refractivity contribution in [2.24, 2.45) is 7.05 Å². The SMILES string of the molecule is Cc1ccc(NS(=O)(=O)c2cn(C)nc2C)c(C)c1. The van der Waals surface area contributed by atoms with Crippen LogP contribution in [0.2, 0.25) is 0 Å². The maximum absolute atomic E-state index is 12.3. The molecule has 0 aliphatic carbocycles. The van der Waals surface area contributed by atoms with Gasteiger partial charge in [-0.1, -0.05) is 17.7 Å². The van der Waals surface area contributed by atoms with Crippen LogP contribution in [0.15, 0.2) is 29.3 Å². The standard InChI is InChI=1S/C13H17N3O2S/c1-9-5-6-12(10(2)7-9)15-19(17,18)13-8-16(4)14-11(13)3/h5-8,15H,1-4H3. The summed E-state index contributed by atoms with van der Waals surface area (Å²) in [6.07, 6.45) is 1.50. The van der Waals surface area contributed by atoms with Crippen molar-refractivity contribution in [3.63, 3.8) is 0 Å². The van der Waals surface area contributed by atoms with Crippen LogP contribution in [0, 0.1) is 20.8 Å². The third-order valence-corrected chi connectivity index (χ3v) is 4.35. The smallest absolute Gasteiger partial charge is 0.265 e. The van der Waals surface area contributed by atoms with Gasteiger partial charge in [-0.15, -0.1) is 0 Å². The van der Waals surface area contributed by atoms with E-state index < -0.39 is 10.0 Å². The summed E-state index contributed by atoms with van der Waals surface area (Å²) in [5, 5.41) is 4.05. The van der Waals surface area contributed by atoms with Crippen molar-refractivity contribution in [3.8, 4) is 0 Å². The topological polar surface area (TPSA) is 64.0 Å². The van der Waals surface area contributed by atoms with E-state index >= 15 is 0 Å². The first-order chi connectivity index (χ1) is 8.79. The number of sulfonamides is 1. The summed E-state index contributed by atoms with van der Waals surface area (Å²) in [7, 11) is -1.89. The van der Waals surface area contributed by atoms with E-state index in [4.69, 9.17) is 0 Å². The molecule has 0 bridgehead atoms. The molecule has 5 nitrogen and oxygen atoms in total. The van der Waals surface area contributed by atoms with Crippen LogP contribution in [0.4, 0.5) is 5.69 Å². The van der Waals surface area contributed by atoms with Crippen molar-refractivity contribution in [2.75, 3.05) is 4.72 Å². The highest BCUT2D eigenvalue weighted by Crippen LogP contribution is 2.21. The molecule has 0 unspecified atom stereocenters. The van der Waals surface area contributed by atoms with E-state index in [1.807, 2.05) is 26.0 Å². The molecule has 1 aromatic heterocycles. The summed E-state index contributed by atoms with van der Waals surface area (Å²) < 4.78 is 28.7. The van der Waals surface area contributed by atoms with E-state index in [0.717, 1.165) is 11.1 Å². The van der Waals surface area contributed by atoms with Gasteiger partial charge in [-0.2, -0.15) is 5.10 Å². The minimum absolute atomic E-state index is 0.204. The predicted octanol–water partition coefficient (Wildman–Crippen LogP) is 2.15. The number of benzene rings is 1. The van der Waals surface area contributed by atoms with Crippen LogP contribution in [0.25, 0.3) is 0 Å². The Hall–Kier alpha value is -1.82. The maximum Gasteiger partial charge on any atom is 0.265 e. The van der Waals surface area contributed by atoms with Gasteiger partial charge in [-0.05, 0) is 32.4 Å². The molecular formula is C13H17N3O2S. The normalized spacial score (nSPS) is 11.6. The van der Waals surface area contributed by atoms with Crippen LogP contribution >= 0.6 is 0 Å². The Morgan fingerprint density at radius 2 is 1.89 bits per heavy atom. The molecule has 0 amide bonds. The third kappa shape index (κ3) is 2.78. The lowest BCUT2D eigenvalue weighted by Crippen LogP contribution is -2.14. The van der Waals surface area contributed by atoms with Gasteiger partial charge in [0, 0.05) is 13.2 Å². The van der Waals surface area contributed by atoms with Crippen LogP contribution in [0.1, 0.15) is 16.8 Å². The third-order valence-electron chi connectivity index (χ3n) is 2.88. The number of hydrogen-bond acceptors (Lipinski definition) is 3. The molecule has 0 saturated heterocycles. The molecule has 0 spiro atoms. The zero-order chi connectivity index (χ0) is 14.2. The summed E-state index contributed by atoms with van der Waals surface area (Å²) in [6, 6.07) is 5.59. The van der Waals surface area contributed by atoms with Crippen molar-refractivity contribution in [3.05, 3.63) is 41.2 Å². The molecule has 1 N–H and O–H groups in total. The molecule has 0 aliphatic heterocycles. The Morgan fingerprint density at radius 1 is 1.21 bits per heavy atom. The number of rotatable bonds is 3. The average Bonchev–Trinajstić information content (AvgIpc) is 2.63. The first-order valence-electron chi connectivity index (χ1n) is 5.90. The summed E-state index contributed by atoms with van der Waals surface area (Å²) in [5.41, 5.74) is 3.07. The van der Waals surface area contributed by atoms with Gasteiger partial charge in [0.05, 0.1) is 11.4 Å². The van der Waals surface area contributed by atoms with Crippen molar-refractivity contribution in [2.45, 2.75) is 25.7 Å². The zero-order valence-electron chi connectivity index (χ0n) is 11.4. The van der Waals surface area contributed by atoms with Crippen LogP contribution in [0.5, 0.6) is 0 Å². The van der Waals surface area contributed by atoms with Gasteiger partial charge in [0.25, 0.3) is 10.0 Å². The number of anilines is 1. The van der Waals surface area contributed by atoms with E-state index in [9.17, 15) is 8.42 Å². The van der Waals surface area contributed by atoms with Crippen LogP contribution in [-0.4, -0.2) is 18.2 Å². The Labute approximate surface area is 113 Å². The molecule has 19 heavy (non-hydrogen) atoms. The number of nitrogens with zero attached hydrogens (tertiary/aromatic N) is 2. The second kappa shape index (κ2) is 4.70. The van der Waals surface area contributed by atoms with E-state index in [-0.39, 0.29) is 4.90 Å². The van der Waals surface area contributed by atoms with Gasteiger partial charge in [-0.3, -0.25) is 9.40 Å². The van der Waals surface area contributed by atoms with Crippen LogP contribution in [0.3, 0.4) is 0 Å². The first kappa shape index (κ1) is 13.6. The van der Waals surface area contributed by atoms with E-state index in [0.29, 0.717) is 11.4 Å². The van der Waals surface area contributed by atoms with Crippen molar-refractivity contribution in [1.29, 1.82) is 0 Å². The fourth-order valence-electron chi connectivity index (χ4n) is 1.97. The molecule has 0 saturated carbocycles. The van der Waals surface area contributed by atoms with Gasteiger partial charge in [0.15, 0.2) is 0 Å². The first-order valence-corrected chi connectivity index (χ1v) is 7.38. The fraction of sp³-hybridized carbons (Fsp3) is 0.308. The average molecular weight is 279 g/mol. The molecule has 0 atom stereocenters. The number of aromatic nitrogens is 2. The van der Waals surface area contributed by atoms with Gasteiger partial charge in [-0.25, -0.2) is 8.42 Å². The molecule has 0 aliphatic rings. The van der Waals surface area contributed by atoms with Crippen molar-refractivity contribution >= 4 is 15.7 Å². The van der Waals surface area contributed by atoms with Crippen molar-refractivity contribution in [1.82, 2.24) is 9.78 Å². The fourth-order valence-corrected chi connectivity index (χ4v) is 3.32. The van der Waals surface area contributed by atoms with Crippen molar-refractivity contribution < 1.29 is 8.42 Å². The second-order valence-electron chi connectivity index (χ2n) is 4.68. The molecular weight excluding hydrogens is 262 g/mol. The Balaban J connectivity index is 2.39. The molecule has 102 valence electrons. The Kier molecular flexibility index (Phi) is 3.36. The number of hydrogen-bond donors (Lipinski definition) is 1. The monoisotopic (exact) mass is 279 g/mol. The summed E-state index contributed by atoms with van der Waals surface area (Å²) in [6.45, 7) is 5.52. The molecule has 2 aromatic rings. The molecule has 0 fully saturated rings. The predicted molar refractivity (Wildman–Crippen MR) is 74.7 cm³/mol. The molecule has 1 heterocycles. The maximum atomic E-state index is 12.3. The van der Waals surface area contributed by atoms with E-state index in [1.54, 1.807) is 20.0 Å². The number of aryl methyl sites for hydroxylation is 4. The highest BCUT2D eigenvalue weighted by Gasteiger charge is 2.20. The van der Waals surface area contributed by atoms with Gasteiger partial charge < -0.3 is 0 Å². The van der Waals surface area contributed by atoms with Gasteiger partial charge >= 0.3 is 0 Å². The van der Waals surface area contributed by atoms with Crippen LogP contribution < -0.4 is 4.72 Å². The molecule has 6 heteroatoms. The van der Waals surface area contributed by atoms with E-state index in [1.165, 1.54) is 10.9 Å². The Morgan fingerprint density at radius 3 is 2.42 bits per heavy atom. The number of nitrogens with one attached hydrogen (secondary N) is 1. The lowest BCUT2D eigenvalue weighted by Gasteiger charge is -2.10. The summed E-state index contributed by atoms with van der Waals surface area (Å²) in [5.74, 6) is 0. The highest BCUT2D eigenvalue weighted by molar-refractivity contribution is 7.92. The van der Waals surface area contributed by atoms with E-state index in [2.05, 4.69) is 9.82 Å². The zero-order valence-corrected chi connectivity index (χ0v) is 12.2. The lowest BCUT2D eigenvalue weighted by molar-refractivity contribution is 0.600.